The quantitative estimate of drug-likeness (QED) is 0.614. The van der Waals surface area contributed by atoms with Crippen LogP contribution in [-0.2, 0) is 16.1 Å². The molecule has 1 saturated heterocycles. The number of hydrogen-bond acceptors (Lipinski definition) is 5. The fourth-order valence-electron chi connectivity index (χ4n) is 4.02. The van der Waals surface area contributed by atoms with Gasteiger partial charge in [0.25, 0.3) is 5.91 Å². The third-order valence-electron chi connectivity index (χ3n) is 5.78. The van der Waals surface area contributed by atoms with Crippen LogP contribution in [0.15, 0.2) is 42.5 Å². The van der Waals surface area contributed by atoms with E-state index in [-0.39, 0.29) is 24.5 Å². The van der Waals surface area contributed by atoms with Crippen LogP contribution < -0.4 is 29.7 Å². The van der Waals surface area contributed by atoms with Crippen molar-refractivity contribution >= 4 is 17.5 Å². The molecule has 0 aliphatic carbocycles. The first-order valence-corrected chi connectivity index (χ1v) is 10.5. The van der Waals surface area contributed by atoms with Crippen molar-refractivity contribution < 1.29 is 28.7 Å². The lowest BCUT2D eigenvalue weighted by molar-refractivity contribution is -0.897. The molecular formula is C23H28N3O5+. The molecule has 2 aromatic rings. The van der Waals surface area contributed by atoms with Crippen LogP contribution in [0.25, 0.3) is 0 Å². The van der Waals surface area contributed by atoms with Gasteiger partial charge in [-0.2, -0.15) is 0 Å². The maximum absolute atomic E-state index is 12.6. The standard InChI is InChI=1S/C23H27N3O5/c1-29-19-5-3-2-4-17(19)13-24-22(27)14-26-10-8-16(9-11-26)23(28)25-18-6-7-20-21(12-18)31-15-30-20/h2-7,12,16H,8-11,13-15H2,1H3,(H,24,27)(H,25,28)/p+1. The van der Waals surface area contributed by atoms with Gasteiger partial charge in [-0.05, 0) is 18.2 Å². The third kappa shape index (κ3) is 5.27. The van der Waals surface area contributed by atoms with Crippen LogP contribution in [0.3, 0.4) is 0 Å². The molecule has 4 rings (SSSR count). The summed E-state index contributed by atoms with van der Waals surface area (Å²) in [6.07, 6.45) is 1.51. The Morgan fingerprint density at radius 2 is 1.87 bits per heavy atom. The molecule has 0 radical (unpaired) electrons. The Balaban J connectivity index is 1.20. The molecule has 2 aliphatic heterocycles. The second kappa shape index (κ2) is 9.70. The van der Waals surface area contributed by atoms with Crippen LogP contribution in [0.4, 0.5) is 5.69 Å². The summed E-state index contributed by atoms with van der Waals surface area (Å²) in [6.45, 7) is 2.64. The second-order valence-corrected chi connectivity index (χ2v) is 7.85. The normalized spacial score (nSPS) is 19.5. The molecule has 1 fully saturated rings. The molecule has 2 aromatic carbocycles. The van der Waals surface area contributed by atoms with Gasteiger partial charge in [0.15, 0.2) is 18.0 Å². The maximum Gasteiger partial charge on any atom is 0.275 e. The molecule has 2 aliphatic rings. The van der Waals surface area contributed by atoms with Crippen LogP contribution in [-0.4, -0.2) is 45.4 Å². The highest BCUT2D eigenvalue weighted by atomic mass is 16.7. The fraction of sp³-hybridized carbons (Fsp3) is 0.391. The summed E-state index contributed by atoms with van der Waals surface area (Å²) >= 11 is 0. The number of anilines is 1. The van der Waals surface area contributed by atoms with Crippen molar-refractivity contribution in [2.45, 2.75) is 19.4 Å². The first kappa shape index (κ1) is 21.0. The van der Waals surface area contributed by atoms with E-state index in [1.165, 1.54) is 4.90 Å². The number of fused-ring (bicyclic) bond motifs is 1. The van der Waals surface area contributed by atoms with Crippen LogP contribution in [0, 0.1) is 5.92 Å². The number of amides is 2. The smallest absolute Gasteiger partial charge is 0.275 e. The zero-order valence-corrected chi connectivity index (χ0v) is 17.6. The van der Waals surface area contributed by atoms with Gasteiger partial charge < -0.3 is 29.7 Å². The minimum absolute atomic E-state index is 0.00386. The molecule has 8 nitrogen and oxygen atoms in total. The largest absolute Gasteiger partial charge is 0.496 e. The number of carbonyl (C=O) groups is 2. The van der Waals surface area contributed by atoms with Crippen LogP contribution in [0.1, 0.15) is 18.4 Å². The van der Waals surface area contributed by atoms with Crippen molar-refractivity contribution in [2.75, 3.05) is 38.9 Å². The Hall–Kier alpha value is -3.26. The molecule has 0 aromatic heterocycles. The van der Waals surface area contributed by atoms with E-state index in [2.05, 4.69) is 10.6 Å². The maximum atomic E-state index is 12.6. The highest BCUT2D eigenvalue weighted by molar-refractivity contribution is 5.93. The molecule has 31 heavy (non-hydrogen) atoms. The number of piperidine rings is 1. The van der Waals surface area contributed by atoms with Crippen molar-refractivity contribution in [1.82, 2.24) is 5.32 Å². The molecule has 0 bridgehead atoms. The summed E-state index contributed by atoms with van der Waals surface area (Å²) in [5.41, 5.74) is 1.66. The zero-order chi connectivity index (χ0) is 21.6. The lowest BCUT2D eigenvalue weighted by Gasteiger charge is -2.28. The first-order chi connectivity index (χ1) is 15.1. The number of quaternary nitrogens is 1. The van der Waals surface area contributed by atoms with E-state index in [1.54, 1.807) is 19.2 Å². The lowest BCUT2D eigenvalue weighted by Crippen LogP contribution is -3.14. The van der Waals surface area contributed by atoms with Gasteiger partial charge in [-0.1, -0.05) is 18.2 Å². The first-order valence-electron chi connectivity index (χ1n) is 10.5. The topological polar surface area (TPSA) is 90.3 Å². The van der Waals surface area contributed by atoms with Gasteiger partial charge in [-0.3, -0.25) is 9.59 Å². The molecular weight excluding hydrogens is 398 g/mol. The van der Waals surface area contributed by atoms with Gasteiger partial charge in [0.05, 0.1) is 20.2 Å². The van der Waals surface area contributed by atoms with E-state index in [9.17, 15) is 9.59 Å². The third-order valence-corrected chi connectivity index (χ3v) is 5.78. The number of nitrogens with one attached hydrogen (secondary N) is 3. The molecule has 164 valence electrons. The lowest BCUT2D eigenvalue weighted by atomic mass is 9.95. The van der Waals surface area contributed by atoms with E-state index < -0.39 is 0 Å². The number of rotatable bonds is 7. The van der Waals surface area contributed by atoms with Gasteiger partial charge >= 0.3 is 0 Å². The van der Waals surface area contributed by atoms with Crippen LogP contribution in [0.2, 0.25) is 0 Å². The minimum Gasteiger partial charge on any atom is -0.496 e. The van der Waals surface area contributed by atoms with Gasteiger partial charge in [0.2, 0.25) is 12.7 Å². The van der Waals surface area contributed by atoms with Gasteiger partial charge in [-0.15, -0.1) is 0 Å². The SMILES string of the molecule is COc1ccccc1CNC(=O)C[NH+]1CCC(C(=O)Nc2ccc3c(c2)OCO3)CC1. The molecule has 0 saturated carbocycles. The van der Waals surface area contributed by atoms with Crippen molar-refractivity contribution in [3.63, 3.8) is 0 Å². The summed E-state index contributed by atoms with van der Waals surface area (Å²) < 4.78 is 16.0. The van der Waals surface area contributed by atoms with E-state index in [1.807, 2.05) is 30.3 Å². The molecule has 2 amide bonds. The van der Waals surface area contributed by atoms with E-state index >= 15 is 0 Å². The summed E-state index contributed by atoms with van der Waals surface area (Å²) in [4.78, 5) is 26.2. The van der Waals surface area contributed by atoms with E-state index in [0.29, 0.717) is 30.3 Å². The van der Waals surface area contributed by atoms with Gasteiger partial charge in [0.1, 0.15) is 5.75 Å². The van der Waals surface area contributed by atoms with Crippen molar-refractivity contribution in [1.29, 1.82) is 0 Å². The second-order valence-electron chi connectivity index (χ2n) is 7.85. The average molecular weight is 426 g/mol. The molecule has 2 heterocycles. The number of para-hydroxylation sites is 1. The predicted molar refractivity (Wildman–Crippen MR) is 114 cm³/mol. The van der Waals surface area contributed by atoms with E-state index in [4.69, 9.17) is 14.2 Å². The zero-order valence-electron chi connectivity index (χ0n) is 17.6. The van der Waals surface area contributed by atoms with Crippen molar-refractivity contribution in [2.24, 2.45) is 5.92 Å². The van der Waals surface area contributed by atoms with Crippen molar-refractivity contribution in [3.8, 4) is 17.2 Å². The number of likely N-dealkylation sites (tertiary alicyclic amines) is 1. The number of carbonyl (C=O) groups excluding carboxylic acids is 2. The monoisotopic (exact) mass is 426 g/mol. The predicted octanol–water partition coefficient (Wildman–Crippen LogP) is 0.974. The molecule has 3 N–H and O–H groups in total. The highest BCUT2D eigenvalue weighted by Gasteiger charge is 2.29. The van der Waals surface area contributed by atoms with E-state index in [0.717, 1.165) is 37.2 Å². The number of hydrogen-bond donors (Lipinski definition) is 3. The van der Waals surface area contributed by atoms with Gasteiger partial charge in [0, 0.05) is 42.6 Å². The average Bonchev–Trinajstić information content (AvgIpc) is 3.26. The summed E-state index contributed by atoms with van der Waals surface area (Å²) in [5, 5.41) is 5.94. The highest BCUT2D eigenvalue weighted by Crippen LogP contribution is 2.34. The van der Waals surface area contributed by atoms with Crippen molar-refractivity contribution in [3.05, 3.63) is 48.0 Å². The molecule has 0 spiro atoms. The summed E-state index contributed by atoms with van der Waals surface area (Å²) in [7, 11) is 1.62. The summed E-state index contributed by atoms with van der Waals surface area (Å²) in [6, 6.07) is 13.1. The Morgan fingerprint density at radius 3 is 2.68 bits per heavy atom. The Labute approximate surface area is 181 Å². The number of methoxy groups -OCH3 is 1. The fourth-order valence-corrected chi connectivity index (χ4v) is 4.02. The Morgan fingerprint density at radius 1 is 1.10 bits per heavy atom. The minimum atomic E-state index is -0.0502. The Kier molecular flexibility index (Phi) is 6.57. The molecule has 0 atom stereocenters. The summed E-state index contributed by atoms with van der Waals surface area (Å²) in [5.74, 6) is 2.08. The Bertz CT molecular complexity index is 941. The van der Waals surface area contributed by atoms with Gasteiger partial charge in [-0.25, -0.2) is 0 Å². The number of ether oxygens (including phenoxy) is 3. The molecule has 0 unspecified atom stereocenters. The van der Waals surface area contributed by atoms with Crippen LogP contribution in [0.5, 0.6) is 17.2 Å². The number of benzene rings is 2. The van der Waals surface area contributed by atoms with Crippen LogP contribution >= 0.6 is 0 Å². The molecule has 8 heteroatoms.